The minimum atomic E-state index is -0.427. The second kappa shape index (κ2) is 6.33. The molecule has 23 heavy (non-hydrogen) atoms. The zero-order chi connectivity index (χ0) is 16.2. The fraction of sp³-hybridized carbons (Fsp3) is 0.100. The molecule has 0 N–H and O–H groups in total. The van der Waals surface area contributed by atoms with Crippen molar-refractivity contribution in [3.63, 3.8) is 0 Å². The van der Waals surface area contributed by atoms with E-state index in [9.17, 15) is 10.1 Å². The standard InChI is InChI=1S/C20H15NO2/c1-14(22)23-20-10-9-15(12-18(20)13-21)11-17-7-4-6-16-5-2-3-8-19(16)17/h2-10,12H,11H2,1H3. The number of fused-ring (bicyclic) bond motifs is 1. The summed E-state index contributed by atoms with van der Waals surface area (Å²) in [5.41, 5.74) is 2.58. The van der Waals surface area contributed by atoms with Crippen LogP contribution in [0.2, 0.25) is 0 Å². The van der Waals surface area contributed by atoms with E-state index >= 15 is 0 Å². The first kappa shape index (κ1) is 14.8. The predicted octanol–water partition coefficient (Wildman–Crippen LogP) is 4.23. The van der Waals surface area contributed by atoms with Crippen molar-refractivity contribution in [2.24, 2.45) is 0 Å². The van der Waals surface area contributed by atoms with Gasteiger partial charge in [0.1, 0.15) is 11.8 Å². The molecule has 112 valence electrons. The quantitative estimate of drug-likeness (QED) is 0.537. The molecule has 0 saturated heterocycles. The first-order valence-corrected chi connectivity index (χ1v) is 7.35. The van der Waals surface area contributed by atoms with Gasteiger partial charge < -0.3 is 4.74 Å². The van der Waals surface area contributed by atoms with Gasteiger partial charge in [0.2, 0.25) is 0 Å². The van der Waals surface area contributed by atoms with Gasteiger partial charge in [-0.25, -0.2) is 0 Å². The van der Waals surface area contributed by atoms with Crippen molar-refractivity contribution in [2.45, 2.75) is 13.3 Å². The molecule has 3 aromatic rings. The van der Waals surface area contributed by atoms with E-state index < -0.39 is 5.97 Å². The molecular weight excluding hydrogens is 286 g/mol. The van der Waals surface area contributed by atoms with Gasteiger partial charge in [0.15, 0.2) is 0 Å². The van der Waals surface area contributed by atoms with Gasteiger partial charge in [-0.3, -0.25) is 4.79 Å². The number of carbonyl (C=O) groups is 1. The Labute approximate surface area is 134 Å². The molecule has 0 spiro atoms. The van der Waals surface area contributed by atoms with Gasteiger partial charge >= 0.3 is 5.97 Å². The van der Waals surface area contributed by atoms with Crippen molar-refractivity contribution < 1.29 is 9.53 Å². The average Bonchev–Trinajstić information content (AvgIpc) is 2.56. The highest BCUT2D eigenvalue weighted by atomic mass is 16.5. The molecule has 3 heteroatoms. The number of rotatable bonds is 3. The van der Waals surface area contributed by atoms with Crippen LogP contribution < -0.4 is 4.74 Å². The minimum absolute atomic E-state index is 0.307. The van der Waals surface area contributed by atoms with Crippen molar-refractivity contribution in [1.82, 2.24) is 0 Å². The van der Waals surface area contributed by atoms with E-state index in [1.54, 1.807) is 12.1 Å². The fourth-order valence-electron chi connectivity index (χ4n) is 2.68. The van der Waals surface area contributed by atoms with Gasteiger partial charge in [-0.1, -0.05) is 48.5 Å². The minimum Gasteiger partial charge on any atom is -0.425 e. The number of carbonyl (C=O) groups excluding carboxylic acids is 1. The van der Waals surface area contributed by atoms with Crippen LogP contribution in [0.15, 0.2) is 60.7 Å². The molecule has 0 fully saturated rings. The molecule has 0 aliphatic heterocycles. The maximum atomic E-state index is 11.1. The van der Waals surface area contributed by atoms with Crippen molar-refractivity contribution in [1.29, 1.82) is 5.26 Å². The molecule has 0 aliphatic rings. The maximum absolute atomic E-state index is 11.1. The van der Waals surface area contributed by atoms with Crippen LogP contribution in [0.1, 0.15) is 23.6 Å². The van der Waals surface area contributed by atoms with Crippen molar-refractivity contribution in [3.05, 3.63) is 77.4 Å². The molecule has 0 unspecified atom stereocenters. The summed E-state index contributed by atoms with van der Waals surface area (Å²) in [5, 5.41) is 11.7. The van der Waals surface area contributed by atoms with Crippen LogP contribution >= 0.6 is 0 Å². The van der Waals surface area contributed by atoms with Crippen LogP contribution in [0.25, 0.3) is 10.8 Å². The van der Waals surface area contributed by atoms with Crippen LogP contribution in [-0.2, 0) is 11.2 Å². The molecule has 0 saturated carbocycles. The van der Waals surface area contributed by atoms with E-state index in [-0.39, 0.29) is 0 Å². The van der Waals surface area contributed by atoms with Crippen molar-refractivity contribution in [2.75, 3.05) is 0 Å². The summed E-state index contributed by atoms with van der Waals surface area (Å²) in [6.07, 6.45) is 0.719. The lowest BCUT2D eigenvalue weighted by atomic mass is 9.97. The van der Waals surface area contributed by atoms with Gasteiger partial charge in [-0.15, -0.1) is 0 Å². The summed E-state index contributed by atoms with van der Waals surface area (Å²) in [7, 11) is 0. The Kier molecular flexibility index (Phi) is 4.07. The van der Waals surface area contributed by atoms with E-state index in [1.807, 2.05) is 24.3 Å². The number of esters is 1. The largest absolute Gasteiger partial charge is 0.425 e. The Bertz CT molecular complexity index is 917. The van der Waals surface area contributed by atoms with E-state index in [4.69, 9.17) is 4.74 Å². The summed E-state index contributed by atoms with van der Waals surface area (Å²) in [6.45, 7) is 1.32. The van der Waals surface area contributed by atoms with Crippen molar-refractivity contribution in [3.8, 4) is 11.8 Å². The molecule has 0 heterocycles. The first-order valence-electron chi connectivity index (χ1n) is 7.35. The van der Waals surface area contributed by atoms with E-state index in [1.165, 1.54) is 23.3 Å². The highest BCUT2D eigenvalue weighted by Crippen LogP contribution is 2.24. The Morgan fingerprint density at radius 1 is 1.09 bits per heavy atom. The second-order valence-corrected chi connectivity index (χ2v) is 5.35. The topological polar surface area (TPSA) is 50.1 Å². The zero-order valence-corrected chi connectivity index (χ0v) is 12.7. The second-order valence-electron chi connectivity index (χ2n) is 5.35. The monoisotopic (exact) mass is 301 g/mol. The summed E-state index contributed by atoms with van der Waals surface area (Å²) in [5.74, 6) is -0.120. The van der Waals surface area contributed by atoms with Gasteiger partial charge in [-0.05, 0) is 40.5 Å². The molecule has 3 nitrogen and oxygen atoms in total. The molecular formula is C20H15NO2. The molecule has 0 aliphatic carbocycles. The number of benzene rings is 3. The molecule has 3 rings (SSSR count). The Morgan fingerprint density at radius 2 is 1.87 bits per heavy atom. The van der Waals surface area contributed by atoms with E-state index in [2.05, 4.69) is 30.3 Å². The lowest BCUT2D eigenvalue weighted by molar-refractivity contribution is -0.131. The molecule has 0 aromatic heterocycles. The Hall–Kier alpha value is -3.12. The smallest absolute Gasteiger partial charge is 0.308 e. The van der Waals surface area contributed by atoms with E-state index in [0.717, 1.165) is 12.0 Å². The molecule has 0 bridgehead atoms. The van der Waals surface area contributed by atoms with Gasteiger partial charge in [0.25, 0.3) is 0 Å². The normalized spacial score (nSPS) is 10.3. The zero-order valence-electron chi connectivity index (χ0n) is 12.7. The highest BCUT2D eigenvalue weighted by molar-refractivity contribution is 5.86. The van der Waals surface area contributed by atoms with Crippen LogP contribution in [0.4, 0.5) is 0 Å². The molecule has 0 amide bonds. The van der Waals surface area contributed by atoms with Crippen LogP contribution in [0, 0.1) is 11.3 Å². The third kappa shape index (κ3) is 3.22. The summed E-state index contributed by atoms with van der Waals surface area (Å²) in [6, 6.07) is 21.9. The lowest BCUT2D eigenvalue weighted by Gasteiger charge is -2.09. The molecule has 0 atom stereocenters. The summed E-state index contributed by atoms with van der Waals surface area (Å²) < 4.78 is 5.05. The van der Waals surface area contributed by atoms with Crippen LogP contribution in [0.5, 0.6) is 5.75 Å². The summed E-state index contributed by atoms with van der Waals surface area (Å²) >= 11 is 0. The number of hydrogen-bond acceptors (Lipinski definition) is 3. The SMILES string of the molecule is CC(=O)Oc1ccc(Cc2cccc3ccccc23)cc1C#N. The highest BCUT2D eigenvalue weighted by Gasteiger charge is 2.08. The van der Waals surface area contributed by atoms with E-state index in [0.29, 0.717) is 11.3 Å². The third-order valence-corrected chi connectivity index (χ3v) is 3.69. The van der Waals surface area contributed by atoms with Gasteiger partial charge in [0.05, 0.1) is 5.56 Å². The van der Waals surface area contributed by atoms with Gasteiger partial charge in [0, 0.05) is 6.92 Å². The summed E-state index contributed by atoms with van der Waals surface area (Å²) in [4.78, 5) is 11.1. The first-order chi connectivity index (χ1) is 11.2. The number of nitrogens with zero attached hydrogens (tertiary/aromatic N) is 1. The Balaban J connectivity index is 1.96. The Morgan fingerprint density at radius 3 is 2.65 bits per heavy atom. The van der Waals surface area contributed by atoms with Crippen molar-refractivity contribution >= 4 is 16.7 Å². The fourth-order valence-corrected chi connectivity index (χ4v) is 2.68. The third-order valence-electron chi connectivity index (χ3n) is 3.69. The lowest BCUT2D eigenvalue weighted by Crippen LogP contribution is -2.03. The van der Waals surface area contributed by atoms with Gasteiger partial charge in [-0.2, -0.15) is 5.26 Å². The maximum Gasteiger partial charge on any atom is 0.308 e. The number of nitriles is 1. The predicted molar refractivity (Wildman–Crippen MR) is 89.2 cm³/mol. The van der Waals surface area contributed by atoms with Crippen LogP contribution in [0.3, 0.4) is 0 Å². The number of hydrogen-bond donors (Lipinski definition) is 0. The molecule has 3 aromatic carbocycles. The average molecular weight is 301 g/mol. The molecule has 0 radical (unpaired) electrons. The van der Waals surface area contributed by atoms with Crippen LogP contribution in [-0.4, -0.2) is 5.97 Å². The number of ether oxygens (including phenoxy) is 1.